The van der Waals surface area contributed by atoms with Gasteiger partial charge in [0.1, 0.15) is 0 Å². The molecular weight excluding hydrogens is 168 g/mol. The average molecular weight is 186 g/mol. The van der Waals surface area contributed by atoms with Crippen molar-refractivity contribution in [1.29, 1.82) is 0 Å². The van der Waals surface area contributed by atoms with E-state index in [0.717, 1.165) is 19.5 Å². The Kier molecular flexibility index (Phi) is 4.18. The largest absolute Gasteiger partial charge is 0.396 e. The molecule has 1 aliphatic heterocycles. The van der Waals surface area contributed by atoms with Crippen LogP contribution < -0.4 is 10.6 Å². The molecule has 4 nitrogen and oxygen atoms in total. The molecule has 0 bridgehead atoms. The van der Waals surface area contributed by atoms with E-state index in [1.165, 1.54) is 0 Å². The Morgan fingerprint density at radius 2 is 2.54 bits per heavy atom. The second kappa shape index (κ2) is 5.19. The van der Waals surface area contributed by atoms with Gasteiger partial charge < -0.3 is 15.7 Å². The van der Waals surface area contributed by atoms with Gasteiger partial charge in [-0.05, 0) is 26.3 Å². The molecule has 3 N–H and O–H groups in total. The lowest BCUT2D eigenvalue weighted by molar-refractivity contribution is -0.125. The summed E-state index contributed by atoms with van der Waals surface area (Å²) in [6.45, 7) is 3.77. The summed E-state index contributed by atoms with van der Waals surface area (Å²) in [6.07, 6.45) is 1.56. The number of aliphatic hydroxyl groups is 1. The molecule has 0 saturated carbocycles. The van der Waals surface area contributed by atoms with Crippen LogP contribution in [0.5, 0.6) is 0 Å². The molecule has 1 aliphatic rings. The highest BCUT2D eigenvalue weighted by Gasteiger charge is 2.22. The normalized spacial score (nSPS) is 24.3. The standard InChI is InChI=1S/C9H18N2O2/c1-7(3-5-12)11-9(13)8-2-4-10-6-8/h7-8,10,12H,2-6H2,1H3,(H,11,13). The number of carbonyl (C=O) groups is 1. The fraction of sp³-hybridized carbons (Fsp3) is 0.889. The van der Waals surface area contributed by atoms with Crippen LogP contribution in [0.25, 0.3) is 0 Å². The summed E-state index contributed by atoms with van der Waals surface area (Å²) in [5.41, 5.74) is 0. The smallest absolute Gasteiger partial charge is 0.224 e. The minimum absolute atomic E-state index is 0.0816. The van der Waals surface area contributed by atoms with Crippen LogP contribution in [0.3, 0.4) is 0 Å². The zero-order valence-electron chi connectivity index (χ0n) is 8.05. The predicted octanol–water partition coefficient (Wildman–Crippen LogP) is -0.517. The van der Waals surface area contributed by atoms with Gasteiger partial charge in [0, 0.05) is 19.2 Å². The van der Waals surface area contributed by atoms with Crippen molar-refractivity contribution < 1.29 is 9.90 Å². The summed E-state index contributed by atoms with van der Waals surface area (Å²) in [4.78, 5) is 11.5. The summed E-state index contributed by atoms with van der Waals surface area (Å²) in [6, 6.07) is 0.0816. The zero-order chi connectivity index (χ0) is 9.68. The first-order valence-electron chi connectivity index (χ1n) is 4.86. The first-order chi connectivity index (χ1) is 6.24. The zero-order valence-corrected chi connectivity index (χ0v) is 8.05. The van der Waals surface area contributed by atoms with Gasteiger partial charge in [0.2, 0.25) is 5.91 Å². The molecule has 0 aliphatic carbocycles. The van der Waals surface area contributed by atoms with Crippen molar-refractivity contribution in [3.05, 3.63) is 0 Å². The van der Waals surface area contributed by atoms with Gasteiger partial charge in [0.15, 0.2) is 0 Å². The second-order valence-corrected chi connectivity index (χ2v) is 3.61. The molecule has 0 aromatic heterocycles. The van der Waals surface area contributed by atoms with Crippen LogP contribution in [0.1, 0.15) is 19.8 Å². The van der Waals surface area contributed by atoms with Gasteiger partial charge >= 0.3 is 0 Å². The third kappa shape index (κ3) is 3.32. The molecule has 1 fully saturated rings. The molecule has 2 atom stereocenters. The van der Waals surface area contributed by atoms with Crippen LogP contribution in [0.2, 0.25) is 0 Å². The van der Waals surface area contributed by atoms with E-state index in [4.69, 9.17) is 5.11 Å². The summed E-state index contributed by atoms with van der Waals surface area (Å²) in [5, 5.41) is 14.7. The van der Waals surface area contributed by atoms with E-state index in [-0.39, 0.29) is 24.5 Å². The maximum Gasteiger partial charge on any atom is 0.224 e. The lowest BCUT2D eigenvalue weighted by atomic mass is 10.1. The molecule has 4 heteroatoms. The van der Waals surface area contributed by atoms with Gasteiger partial charge in [-0.15, -0.1) is 0 Å². The van der Waals surface area contributed by atoms with E-state index in [1.54, 1.807) is 0 Å². The van der Waals surface area contributed by atoms with Gasteiger partial charge in [0.25, 0.3) is 0 Å². The molecule has 76 valence electrons. The molecule has 0 radical (unpaired) electrons. The summed E-state index contributed by atoms with van der Waals surface area (Å²) in [7, 11) is 0. The minimum atomic E-state index is 0.0816. The van der Waals surface area contributed by atoms with E-state index in [1.807, 2.05) is 6.92 Å². The summed E-state index contributed by atoms with van der Waals surface area (Å²) >= 11 is 0. The number of aliphatic hydroxyl groups excluding tert-OH is 1. The fourth-order valence-corrected chi connectivity index (χ4v) is 1.50. The molecule has 1 amide bonds. The molecule has 0 aromatic carbocycles. The summed E-state index contributed by atoms with van der Waals surface area (Å²) < 4.78 is 0. The molecule has 0 aromatic rings. The van der Waals surface area contributed by atoms with E-state index in [9.17, 15) is 4.79 Å². The van der Waals surface area contributed by atoms with Gasteiger partial charge in [-0.3, -0.25) is 4.79 Å². The number of amides is 1. The van der Waals surface area contributed by atoms with Crippen molar-refractivity contribution in [2.75, 3.05) is 19.7 Å². The third-order valence-electron chi connectivity index (χ3n) is 2.38. The Labute approximate surface area is 78.7 Å². The van der Waals surface area contributed by atoms with Crippen LogP contribution in [0.4, 0.5) is 0 Å². The van der Waals surface area contributed by atoms with Crippen molar-refractivity contribution in [3.63, 3.8) is 0 Å². The van der Waals surface area contributed by atoms with Crippen molar-refractivity contribution >= 4 is 5.91 Å². The quantitative estimate of drug-likeness (QED) is 0.554. The van der Waals surface area contributed by atoms with Crippen LogP contribution in [0, 0.1) is 5.92 Å². The van der Waals surface area contributed by atoms with Crippen LogP contribution in [0.15, 0.2) is 0 Å². The van der Waals surface area contributed by atoms with Crippen molar-refractivity contribution in [2.45, 2.75) is 25.8 Å². The van der Waals surface area contributed by atoms with Gasteiger partial charge in [-0.1, -0.05) is 0 Å². The topological polar surface area (TPSA) is 61.4 Å². The number of rotatable bonds is 4. The summed E-state index contributed by atoms with van der Waals surface area (Å²) in [5.74, 6) is 0.243. The van der Waals surface area contributed by atoms with E-state index in [0.29, 0.717) is 6.42 Å². The Morgan fingerprint density at radius 3 is 3.08 bits per heavy atom. The monoisotopic (exact) mass is 186 g/mol. The average Bonchev–Trinajstić information content (AvgIpc) is 2.55. The molecule has 1 heterocycles. The fourth-order valence-electron chi connectivity index (χ4n) is 1.50. The van der Waals surface area contributed by atoms with Gasteiger partial charge in [0.05, 0.1) is 5.92 Å². The minimum Gasteiger partial charge on any atom is -0.396 e. The Balaban J connectivity index is 2.23. The maximum atomic E-state index is 11.5. The van der Waals surface area contributed by atoms with Crippen molar-refractivity contribution in [1.82, 2.24) is 10.6 Å². The van der Waals surface area contributed by atoms with E-state index in [2.05, 4.69) is 10.6 Å². The van der Waals surface area contributed by atoms with Crippen LogP contribution in [-0.4, -0.2) is 36.8 Å². The second-order valence-electron chi connectivity index (χ2n) is 3.61. The van der Waals surface area contributed by atoms with Crippen LogP contribution in [-0.2, 0) is 4.79 Å². The number of hydrogen-bond acceptors (Lipinski definition) is 3. The highest BCUT2D eigenvalue weighted by atomic mass is 16.3. The molecule has 13 heavy (non-hydrogen) atoms. The Hall–Kier alpha value is -0.610. The molecular formula is C9H18N2O2. The Bertz CT molecular complexity index is 167. The van der Waals surface area contributed by atoms with E-state index >= 15 is 0 Å². The van der Waals surface area contributed by atoms with Crippen molar-refractivity contribution in [2.24, 2.45) is 5.92 Å². The maximum absolute atomic E-state index is 11.5. The van der Waals surface area contributed by atoms with Crippen LogP contribution >= 0.6 is 0 Å². The highest BCUT2D eigenvalue weighted by Crippen LogP contribution is 2.07. The van der Waals surface area contributed by atoms with Crippen molar-refractivity contribution in [3.8, 4) is 0 Å². The molecule has 2 unspecified atom stereocenters. The molecule has 0 spiro atoms. The third-order valence-corrected chi connectivity index (χ3v) is 2.38. The first kappa shape index (κ1) is 10.5. The number of hydrogen-bond donors (Lipinski definition) is 3. The lowest BCUT2D eigenvalue weighted by Crippen LogP contribution is -2.38. The predicted molar refractivity (Wildman–Crippen MR) is 50.3 cm³/mol. The Morgan fingerprint density at radius 1 is 1.77 bits per heavy atom. The SMILES string of the molecule is CC(CCO)NC(=O)C1CCNC1. The number of nitrogens with one attached hydrogen (secondary N) is 2. The number of carbonyl (C=O) groups excluding carboxylic acids is 1. The molecule has 1 saturated heterocycles. The van der Waals surface area contributed by atoms with E-state index < -0.39 is 0 Å². The lowest BCUT2D eigenvalue weighted by Gasteiger charge is -2.15. The van der Waals surface area contributed by atoms with Gasteiger partial charge in [-0.25, -0.2) is 0 Å². The van der Waals surface area contributed by atoms with Gasteiger partial charge in [-0.2, -0.15) is 0 Å². The highest BCUT2D eigenvalue weighted by molar-refractivity contribution is 5.79. The molecule has 1 rings (SSSR count). The first-order valence-corrected chi connectivity index (χ1v) is 4.86.